The number of benzene rings is 3. The molecule has 144 valence electrons. The molecule has 0 aliphatic carbocycles. The Morgan fingerprint density at radius 2 is 1.66 bits per heavy atom. The number of hydrogen-bond acceptors (Lipinski definition) is 3. The normalized spacial score (nSPS) is 10.7. The lowest BCUT2D eigenvalue weighted by atomic mass is 10.1. The van der Waals surface area contributed by atoms with Gasteiger partial charge in [0, 0.05) is 23.1 Å². The first-order chi connectivity index (χ1) is 14.1. The van der Waals surface area contributed by atoms with Crippen LogP contribution in [-0.2, 0) is 6.54 Å². The van der Waals surface area contributed by atoms with E-state index in [-0.39, 0.29) is 5.91 Å². The fourth-order valence-corrected chi connectivity index (χ4v) is 4.01. The molecule has 0 atom stereocenters. The van der Waals surface area contributed by atoms with Crippen molar-refractivity contribution in [2.45, 2.75) is 13.5 Å². The molecule has 0 radical (unpaired) electrons. The highest BCUT2D eigenvalue weighted by molar-refractivity contribution is 7.13. The first kappa shape index (κ1) is 19.4. The lowest BCUT2D eigenvalue weighted by Crippen LogP contribution is -2.23. The van der Waals surface area contributed by atoms with Crippen LogP contribution in [0.5, 0.6) is 0 Å². The molecule has 0 saturated heterocycles. The van der Waals surface area contributed by atoms with Crippen molar-refractivity contribution >= 4 is 28.8 Å². The Morgan fingerprint density at radius 3 is 2.38 bits per heavy atom. The zero-order valence-corrected chi connectivity index (χ0v) is 17.4. The minimum absolute atomic E-state index is 0.178. The number of carbonyl (C=O) groups excluding carboxylic acids is 1. The molecule has 1 aromatic heterocycles. The molecule has 3 aromatic carbocycles. The monoisotopic (exact) mass is 418 g/mol. The van der Waals surface area contributed by atoms with E-state index in [1.807, 2.05) is 24.3 Å². The predicted molar refractivity (Wildman–Crippen MR) is 120 cm³/mol. The summed E-state index contributed by atoms with van der Waals surface area (Å²) in [5.41, 5.74) is 5.91. The Kier molecular flexibility index (Phi) is 5.74. The largest absolute Gasteiger partial charge is 0.348 e. The molecule has 0 fully saturated rings. The van der Waals surface area contributed by atoms with Crippen LogP contribution in [0, 0.1) is 6.92 Å². The van der Waals surface area contributed by atoms with Crippen molar-refractivity contribution in [3.8, 4) is 21.8 Å². The Bertz CT molecular complexity index is 1130. The fourth-order valence-electron chi connectivity index (χ4n) is 2.95. The Labute approximate surface area is 179 Å². The number of carbonyl (C=O) groups is 1. The van der Waals surface area contributed by atoms with Gasteiger partial charge in [0.25, 0.3) is 5.91 Å². The molecule has 0 aliphatic heterocycles. The average molecular weight is 419 g/mol. The number of nitrogens with one attached hydrogen (secondary N) is 1. The van der Waals surface area contributed by atoms with Crippen LogP contribution in [0.2, 0.25) is 5.02 Å². The molecule has 29 heavy (non-hydrogen) atoms. The number of halogens is 1. The lowest BCUT2D eigenvalue weighted by Gasteiger charge is -2.07. The molecule has 3 nitrogen and oxygen atoms in total. The summed E-state index contributed by atoms with van der Waals surface area (Å²) in [5, 5.41) is 6.42. The van der Waals surface area contributed by atoms with Crippen molar-refractivity contribution in [1.82, 2.24) is 10.3 Å². The predicted octanol–water partition coefficient (Wildman–Crippen LogP) is 6.37. The van der Waals surface area contributed by atoms with E-state index in [1.54, 1.807) is 35.6 Å². The molecule has 0 bridgehead atoms. The fraction of sp³-hybridized carbons (Fsp3) is 0.0833. The van der Waals surface area contributed by atoms with E-state index in [9.17, 15) is 4.79 Å². The molecule has 0 unspecified atom stereocenters. The zero-order chi connectivity index (χ0) is 20.2. The minimum atomic E-state index is -0.178. The van der Waals surface area contributed by atoms with Crippen LogP contribution in [-0.4, -0.2) is 10.9 Å². The topological polar surface area (TPSA) is 42.0 Å². The van der Waals surface area contributed by atoms with Crippen molar-refractivity contribution in [3.05, 3.63) is 99.9 Å². The van der Waals surface area contributed by atoms with E-state index >= 15 is 0 Å². The van der Waals surface area contributed by atoms with E-state index in [2.05, 4.69) is 41.9 Å². The summed E-state index contributed by atoms with van der Waals surface area (Å²) >= 11 is 7.71. The molecule has 4 aromatic rings. The van der Waals surface area contributed by atoms with Gasteiger partial charge in [-0.1, -0.05) is 77.8 Å². The molecule has 4 rings (SSSR count). The highest BCUT2D eigenvalue weighted by atomic mass is 35.5. The van der Waals surface area contributed by atoms with Crippen molar-refractivity contribution in [2.75, 3.05) is 0 Å². The third-order valence-corrected chi connectivity index (χ3v) is 5.84. The van der Waals surface area contributed by atoms with Crippen LogP contribution in [0.3, 0.4) is 0 Å². The van der Waals surface area contributed by atoms with Crippen molar-refractivity contribution < 1.29 is 4.79 Å². The maximum atomic E-state index is 12.3. The number of aryl methyl sites for hydroxylation is 1. The van der Waals surface area contributed by atoms with Gasteiger partial charge in [-0.2, -0.15) is 0 Å². The molecule has 1 amide bonds. The quantitative estimate of drug-likeness (QED) is 0.409. The first-order valence-electron chi connectivity index (χ1n) is 9.25. The number of hydrogen-bond donors (Lipinski definition) is 1. The van der Waals surface area contributed by atoms with Crippen molar-refractivity contribution in [1.29, 1.82) is 0 Å². The molecule has 1 heterocycles. The second kappa shape index (κ2) is 8.60. The molecule has 1 N–H and O–H groups in total. The van der Waals surface area contributed by atoms with Gasteiger partial charge in [-0.15, -0.1) is 11.3 Å². The summed E-state index contributed by atoms with van der Waals surface area (Å²) < 4.78 is 0. The van der Waals surface area contributed by atoms with Gasteiger partial charge in [-0.25, -0.2) is 4.98 Å². The third kappa shape index (κ3) is 4.56. The summed E-state index contributed by atoms with van der Waals surface area (Å²) in [5.74, 6) is -0.178. The summed E-state index contributed by atoms with van der Waals surface area (Å²) in [6.07, 6.45) is 0. The highest BCUT2D eigenvalue weighted by Gasteiger charge is 2.10. The van der Waals surface area contributed by atoms with Gasteiger partial charge in [0.2, 0.25) is 0 Å². The Balaban J connectivity index is 1.42. The van der Waals surface area contributed by atoms with Crippen LogP contribution in [0.1, 0.15) is 21.5 Å². The van der Waals surface area contributed by atoms with Gasteiger partial charge in [-0.05, 0) is 24.6 Å². The maximum Gasteiger partial charge on any atom is 0.253 e. The van der Waals surface area contributed by atoms with Gasteiger partial charge >= 0.3 is 0 Å². The second-order valence-corrected chi connectivity index (χ2v) is 8.03. The standard InChI is InChI=1S/C24H19ClN2OS/c1-16-6-10-18(11-7-16)22-15-29-24(27-22)19-12-8-17(9-13-19)14-26-23(28)20-4-2-3-5-21(20)25/h2-13,15H,14H2,1H3,(H,26,28). The molecule has 0 spiro atoms. The van der Waals surface area contributed by atoms with Crippen molar-refractivity contribution in [3.63, 3.8) is 0 Å². The summed E-state index contributed by atoms with van der Waals surface area (Å²) in [4.78, 5) is 17.0. The van der Waals surface area contributed by atoms with E-state index < -0.39 is 0 Å². The van der Waals surface area contributed by atoms with Crippen LogP contribution >= 0.6 is 22.9 Å². The van der Waals surface area contributed by atoms with Gasteiger partial charge in [0.05, 0.1) is 16.3 Å². The Hall–Kier alpha value is -2.95. The second-order valence-electron chi connectivity index (χ2n) is 6.76. The number of rotatable bonds is 5. The molecular weight excluding hydrogens is 400 g/mol. The van der Waals surface area contributed by atoms with Gasteiger partial charge in [0.15, 0.2) is 0 Å². The Morgan fingerprint density at radius 1 is 0.966 bits per heavy atom. The van der Waals surface area contributed by atoms with Gasteiger partial charge in [-0.3, -0.25) is 4.79 Å². The lowest BCUT2D eigenvalue weighted by molar-refractivity contribution is 0.0951. The van der Waals surface area contributed by atoms with Gasteiger partial charge < -0.3 is 5.32 Å². The average Bonchev–Trinajstić information content (AvgIpc) is 3.23. The number of thiazole rings is 1. The maximum absolute atomic E-state index is 12.3. The van der Waals surface area contributed by atoms with Crippen LogP contribution in [0.15, 0.2) is 78.2 Å². The molecular formula is C24H19ClN2OS. The van der Waals surface area contributed by atoms with Gasteiger partial charge in [0.1, 0.15) is 5.01 Å². The number of nitrogens with zero attached hydrogens (tertiary/aromatic N) is 1. The van der Waals surface area contributed by atoms with E-state index in [0.717, 1.165) is 27.4 Å². The van der Waals surface area contributed by atoms with Crippen LogP contribution in [0.4, 0.5) is 0 Å². The zero-order valence-electron chi connectivity index (χ0n) is 15.9. The van der Waals surface area contributed by atoms with Crippen LogP contribution < -0.4 is 5.32 Å². The van der Waals surface area contributed by atoms with E-state index in [0.29, 0.717) is 17.1 Å². The molecule has 5 heteroatoms. The summed E-state index contributed by atoms with van der Waals surface area (Å²) in [6, 6.07) is 23.5. The molecule has 0 aliphatic rings. The van der Waals surface area contributed by atoms with Crippen LogP contribution in [0.25, 0.3) is 21.8 Å². The summed E-state index contributed by atoms with van der Waals surface area (Å²) in [6.45, 7) is 2.52. The third-order valence-electron chi connectivity index (χ3n) is 4.62. The number of aromatic nitrogens is 1. The molecule has 0 saturated carbocycles. The minimum Gasteiger partial charge on any atom is -0.348 e. The highest BCUT2D eigenvalue weighted by Crippen LogP contribution is 2.29. The van der Waals surface area contributed by atoms with E-state index in [1.165, 1.54) is 5.56 Å². The summed E-state index contributed by atoms with van der Waals surface area (Å²) in [7, 11) is 0. The van der Waals surface area contributed by atoms with Crippen molar-refractivity contribution in [2.24, 2.45) is 0 Å². The number of amides is 1. The smallest absolute Gasteiger partial charge is 0.253 e. The SMILES string of the molecule is Cc1ccc(-c2csc(-c3ccc(CNC(=O)c4ccccc4Cl)cc3)n2)cc1. The van der Waals surface area contributed by atoms with E-state index in [4.69, 9.17) is 16.6 Å². The first-order valence-corrected chi connectivity index (χ1v) is 10.5.